The first-order valence-corrected chi connectivity index (χ1v) is 4.14. The zero-order valence-corrected chi connectivity index (χ0v) is 8.05. The molecule has 0 fully saturated rings. The van der Waals surface area contributed by atoms with E-state index >= 15 is 0 Å². The van der Waals surface area contributed by atoms with Crippen LogP contribution in [0.3, 0.4) is 0 Å². The Morgan fingerprint density at radius 2 is 2.00 bits per heavy atom. The minimum Gasteiger partial charge on any atom is -0.466 e. The largest absolute Gasteiger partial charge is 0.466 e. The number of carbonyl (C=O) groups excluding carboxylic acids is 2. The molecule has 0 radical (unpaired) electrons. The summed E-state index contributed by atoms with van der Waals surface area (Å²) in [6.45, 7) is 2.97. The van der Waals surface area contributed by atoms with E-state index in [1.807, 2.05) is 0 Å². The predicted molar refractivity (Wildman–Crippen MR) is 46.0 cm³/mol. The fraction of sp³-hybridized carbons (Fsp3) is 0.556. The van der Waals surface area contributed by atoms with Gasteiger partial charge in [0.15, 0.2) is 0 Å². The average Bonchev–Trinajstić information content (AvgIpc) is 2.04. The number of hydrogen-bond donors (Lipinski definition) is 0. The number of alkyl halides is 2. The van der Waals surface area contributed by atoms with Gasteiger partial charge in [-0.25, -0.2) is 0 Å². The molecule has 80 valence electrons. The Balaban J connectivity index is 4.27. The highest BCUT2D eigenvalue weighted by atomic mass is 19.3. The molecular formula is C9H12F2O3. The van der Waals surface area contributed by atoms with Gasteiger partial charge in [0.25, 0.3) is 0 Å². The Morgan fingerprint density at radius 1 is 1.43 bits per heavy atom. The van der Waals surface area contributed by atoms with Gasteiger partial charge in [0.1, 0.15) is 6.42 Å². The number of hydrogen-bond acceptors (Lipinski definition) is 3. The number of ether oxygens (including phenoxy) is 1. The van der Waals surface area contributed by atoms with E-state index in [1.165, 1.54) is 13.8 Å². The zero-order chi connectivity index (χ0) is 11.2. The molecule has 0 atom stereocenters. The molecule has 14 heavy (non-hydrogen) atoms. The Bertz CT molecular complexity index is 246. The highest BCUT2D eigenvalue weighted by Crippen LogP contribution is 2.18. The molecule has 0 aromatic heterocycles. The van der Waals surface area contributed by atoms with E-state index in [0.717, 1.165) is 6.08 Å². The third-order valence-corrected chi connectivity index (χ3v) is 1.36. The number of ketones is 1. The normalized spacial score (nSPS) is 11.7. The van der Waals surface area contributed by atoms with Gasteiger partial charge in [0.2, 0.25) is 5.78 Å². The molecule has 0 heterocycles. The number of allylic oxidation sites excluding steroid dienone is 2. The minimum atomic E-state index is -3.58. The van der Waals surface area contributed by atoms with Crippen LogP contribution in [0.15, 0.2) is 12.2 Å². The SMILES string of the molecule is C/C=C/C(F)(F)C(=O)CC(=O)OCC. The monoisotopic (exact) mass is 206 g/mol. The molecule has 0 N–H and O–H groups in total. The van der Waals surface area contributed by atoms with E-state index in [-0.39, 0.29) is 6.61 Å². The fourth-order valence-corrected chi connectivity index (χ4v) is 0.763. The van der Waals surface area contributed by atoms with Crippen molar-refractivity contribution >= 4 is 11.8 Å². The van der Waals surface area contributed by atoms with Gasteiger partial charge in [-0.1, -0.05) is 6.08 Å². The van der Waals surface area contributed by atoms with Crippen LogP contribution in [-0.4, -0.2) is 24.3 Å². The Morgan fingerprint density at radius 3 is 2.43 bits per heavy atom. The van der Waals surface area contributed by atoms with Crippen molar-refractivity contribution in [3.63, 3.8) is 0 Å². The van der Waals surface area contributed by atoms with Crippen molar-refractivity contribution in [3.8, 4) is 0 Å². The van der Waals surface area contributed by atoms with E-state index in [2.05, 4.69) is 4.74 Å². The quantitative estimate of drug-likeness (QED) is 0.391. The maximum atomic E-state index is 12.8. The smallest absolute Gasteiger partial charge is 0.324 e. The summed E-state index contributed by atoms with van der Waals surface area (Å²) in [4.78, 5) is 21.5. The van der Waals surface area contributed by atoms with Crippen LogP contribution < -0.4 is 0 Å². The molecule has 0 saturated heterocycles. The van der Waals surface area contributed by atoms with Gasteiger partial charge in [-0.2, -0.15) is 8.78 Å². The van der Waals surface area contributed by atoms with Crippen molar-refractivity contribution in [2.24, 2.45) is 0 Å². The second-order valence-corrected chi connectivity index (χ2v) is 2.53. The number of Topliss-reactive ketones (excluding diaryl/α,β-unsaturated/α-hetero) is 1. The summed E-state index contributed by atoms with van der Waals surface area (Å²) in [6.07, 6.45) is 0.614. The third-order valence-electron chi connectivity index (χ3n) is 1.36. The summed E-state index contributed by atoms with van der Waals surface area (Å²) < 4.78 is 29.9. The molecule has 0 amide bonds. The van der Waals surface area contributed by atoms with Crippen molar-refractivity contribution < 1.29 is 23.1 Å². The van der Waals surface area contributed by atoms with E-state index in [9.17, 15) is 18.4 Å². The molecule has 0 aromatic carbocycles. The van der Waals surface area contributed by atoms with Crippen LogP contribution in [0.1, 0.15) is 20.3 Å². The van der Waals surface area contributed by atoms with Gasteiger partial charge in [-0.15, -0.1) is 0 Å². The van der Waals surface area contributed by atoms with Gasteiger partial charge < -0.3 is 4.74 Å². The molecule has 0 rings (SSSR count). The molecular weight excluding hydrogens is 194 g/mol. The summed E-state index contributed by atoms with van der Waals surface area (Å²) in [7, 11) is 0. The molecule has 5 heteroatoms. The van der Waals surface area contributed by atoms with Crippen LogP contribution in [0.2, 0.25) is 0 Å². The summed E-state index contributed by atoms with van der Waals surface area (Å²) in [5, 5.41) is 0. The molecule has 0 aliphatic heterocycles. The topological polar surface area (TPSA) is 43.4 Å². The second kappa shape index (κ2) is 5.47. The zero-order valence-electron chi connectivity index (χ0n) is 8.05. The molecule has 0 aromatic rings. The van der Waals surface area contributed by atoms with Crippen LogP contribution in [0.25, 0.3) is 0 Å². The molecule has 0 unspecified atom stereocenters. The first-order valence-electron chi connectivity index (χ1n) is 4.14. The van der Waals surface area contributed by atoms with Crippen molar-refractivity contribution in [2.75, 3.05) is 6.61 Å². The van der Waals surface area contributed by atoms with Gasteiger partial charge in [-0.3, -0.25) is 9.59 Å². The van der Waals surface area contributed by atoms with Crippen LogP contribution in [-0.2, 0) is 14.3 Å². The third kappa shape index (κ3) is 4.11. The Labute approximate surface area is 80.7 Å². The van der Waals surface area contributed by atoms with Crippen molar-refractivity contribution in [3.05, 3.63) is 12.2 Å². The Hall–Kier alpha value is -1.26. The van der Waals surface area contributed by atoms with E-state index in [0.29, 0.717) is 6.08 Å². The number of halogens is 2. The molecule has 0 saturated carbocycles. The molecule has 0 aliphatic carbocycles. The van der Waals surface area contributed by atoms with Crippen LogP contribution in [0.4, 0.5) is 8.78 Å². The number of esters is 1. The van der Waals surface area contributed by atoms with Crippen molar-refractivity contribution in [1.29, 1.82) is 0 Å². The molecule has 0 aliphatic rings. The van der Waals surface area contributed by atoms with Crippen molar-refractivity contribution in [1.82, 2.24) is 0 Å². The van der Waals surface area contributed by atoms with E-state index in [1.54, 1.807) is 0 Å². The lowest BCUT2D eigenvalue weighted by Crippen LogP contribution is -2.28. The number of rotatable bonds is 5. The highest BCUT2D eigenvalue weighted by Gasteiger charge is 2.36. The summed E-state index contributed by atoms with van der Waals surface area (Å²) in [5.41, 5.74) is 0. The lowest BCUT2D eigenvalue weighted by atomic mass is 10.1. The summed E-state index contributed by atoms with van der Waals surface area (Å²) in [6, 6.07) is 0. The average molecular weight is 206 g/mol. The maximum Gasteiger partial charge on any atom is 0.324 e. The standard InChI is InChI=1S/C9H12F2O3/c1-3-5-9(10,11)7(12)6-8(13)14-4-2/h3,5H,4,6H2,1-2H3/b5-3+. The van der Waals surface area contributed by atoms with Crippen molar-refractivity contribution in [2.45, 2.75) is 26.2 Å². The van der Waals surface area contributed by atoms with Crippen LogP contribution in [0, 0.1) is 0 Å². The van der Waals surface area contributed by atoms with Gasteiger partial charge >= 0.3 is 11.9 Å². The first kappa shape index (κ1) is 12.7. The second-order valence-electron chi connectivity index (χ2n) is 2.53. The molecule has 3 nitrogen and oxygen atoms in total. The minimum absolute atomic E-state index is 0.0707. The van der Waals surface area contributed by atoms with Crippen LogP contribution >= 0.6 is 0 Å². The predicted octanol–water partition coefficient (Wildman–Crippen LogP) is 1.72. The van der Waals surface area contributed by atoms with Crippen LogP contribution in [0.5, 0.6) is 0 Å². The summed E-state index contributed by atoms with van der Waals surface area (Å²) in [5.74, 6) is -5.96. The Kier molecular flexibility index (Phi) is 4.97. The fourth-order valence-electron chi connectivity index (χ4n) is 0.763. The lowest BCUT2D eigenvalue weighted by molar-refractivity contribution is -0.150. The highest BCUT2D eigenvalue weighted by molar-refractivity contribution is 6.00. The van der Waals surface area contributed by atoms with E-state index < -0.39 is 24.1 Å². The van der Waals surface area contributed by atoms with Gasteiger partial charge in [0, 0.05) is 0 Å². The first-order chi connectivity index (χ1) is 6.44. The van der Waals surface area contributed by atoms with Gasteiger partial charge in [-0.05, 0) is 19.9 Å². The summed E-state index contributed by atoms with van der Waals surface area (Å²) >= 11 is 0. The lowest BCUT2D eigenvalue weighted by Gasteiger charge is -2.09. The van der Waals surface area contributed by atoms with E-state index in [4.69, 9.17) is 0 Å². The maximum absolute atomic E-state index is 12.8. The number of carbonyl (C=O) groups is 2. The molecule has 0 spiro atoms. The molecule has 0 bridgehead atoms. The van der Waals surface area contributed by atoms with Gasteiger partial charge in [0.05, 0.1) is 6.61 Å².